The number of hydrogen-bond acceptors (Lipinski definition) is 5. The smallest absolute Gasteiger partial charge is 0.278 e. The number of benzene rings is 1. The first-order chi connectivity index (χ1) is 10.7. The van der Waals surface area contributed by atoms with Crippen LogP contribution in [0.4, 0.5) is 11.5 Å². The van der Waals surface area contributed by atoms with Crippen LogP contribution in [-0.2, 0) is 0 Å². The van der Waals surface area contributed by atoms with E-state index in [1.807, 2.05) is 0 Å². The molecular formula is C13H7ClN7O. The SMILES string of the molecule is O=C(Nc1ccc(Cl)nn1)c1n[nH]c2c3c(ccc12)[N]N=C3. The fraction of sp³-hybridized carbons (Fsp3) is 0. The van der Waals surface area contributed by atoms with E-state index < -0.39 is 5.91 Å². The molecule has 2 N–H and O–H groups in total. The fourth-order valence-electron chi connectivity index (χ4n) is 2.20. The maximum absolute atomic E-state index is 12.3. The summed E-state index contributed by atoms with van der Waals surface area (Å²) >= 11 is 5.66. The quantitative estimate of drug-likeness (QED) is 0.752. The molecule has 0 atom stereocenters. The molecule has 0 fully saturated rings. The molecule has 9 heteroatoms. The molecule has 3 heterocycles. The van der Waals surface area contributed by atoms with E-state index in [2.05, 4.69) is 36.2 Å². The number of rotatable bonds is 2. The van der Waals surface area contributed by atoms with Crippen LogP contribution in [0.15, 0.2) is 29.4 Å². The van der Waals surface area contributed by atoms with Crippen molar-refractivity contribution < 1.29 is 4.79 Å². The molecule has 1 aliphatic heterocycles. The standard InChI is InChI=1S/C13H7ClN7O/c14-9-3-4-10(19-18-9)16-13(22)12-6-1-2-8-7(5-15-17-8)11(6)20-21-12/h1-5H,(H,20,21)(H,16,19,22). The summed E-state index contributed by atoms with van der Waals surface area (Å²) < 4.78 is 0. The lowest BCUT2D eigenvalue weighted by molar-refractivity contribution is 0.102. The van der Waals surface area contributed by atoms with Crippen LogP contribution in [0.3, 0.4) is 0 Å². The molecule has 0 saturated carbocycles. The number of carbonyl (C=O) groups excluding carboxylic acids is 1. The number of halogens is 1. The maximum Gasteiger partial charge on any atom is 0.278 e. The first-order valence-electron chi connectivity index (χ1n) is 6.28. The van der Waals surface area contributed by atoms with E-state index in [0.717, 1.165) is 16.8 Å². The van der Waals surface area contributed by atoms with Gasteiger partial charge in [0.05, 0.1) is 17.4 Å². The molecule has 1 radical (unpaired) electrons. The predicted octanol–water partition coefficient (Wildman–Crippen LogP) is 1.84. The molecule has 0 saturated heterocycles. The van der Waals surface area contributed by atoms with E-state index in [1.54, 1.807) is 24.4 Å². The fourth-order valence-corrected chi connectivity index (χ4v) is 2.30. The Kier molecular flexibility index (Phi) is 2.76. The average molecular weight is 313 g/mol. The molecule has 8 nitrogen and oxygen atoms in total. The normalized spacial score (nSPS) is 12.2. The molecular weight excluding hydrogens is 306 g/mol. The Morgan fingerprint density at radius 3 is 2.91 bits per heavy atom. The van der Waals surface area contributed by atoms with Gasteiger partial charge in [-0.25, -0.2) is 0 Å². The van der Waals surface area contributed by atoms with E-state index in [0.29, 0.717) is 11.2 Å². The van der Waals surface area contributed by atoms with Crippen molar-refractivity contribution in [1.29, 1.82) is 0 Å². The van der Waals surface area contributed by atoms with Gasteiger partial charge in [0.15, 0.2) is 16.7 Å². The third-order valence-corrected chi connectivity index (χ3v) is 3.40. The highest BCUT2D eigenvalue weighted by molar-refractivity contribution is 6.29. The minimum absolute atomic E-state index is 0.252. The number of fused-ring (bicyclic) bond motifs is 3. The molecule has 0 aliphatic carbocycles. The minimum atomic E-state index is -0.394. The highest BCUT2D eigenvalue weighted by Crippen LogP contribution is 2.28. The molecule has 1 aliphatic rings. The number of amides is 1. The largest absolute Gasteiger partial charge is 0.304 e. The van der Waals surface area contributed by atoms with E-state index in [-0.39, 0.29) is 10.8 Å². The first kappa shape index (κ1) is 12.7. The van der Waals surface area contributed by atoms with Gasteiger partial charge in [0.25, 0.3) is 5.91 Å². The summed E-state index contributed by atoms with van der Waals surface area (Å²) in [6.07, 6.45) is 1.63. The average Bonchev–Trinajstić information content (AvgIpc) is 3.14. The summed E-state index contributed by atoms with van der Waals surface area (Å²) in [7, 11) is 0. The third kappa shape index (κ3) is 1.97. The Morgan fingerprint density at radius 2 is 2.09 bits per heavy atom. The lowest BCUT2D eigenvalue weighted by Gasteiger charge is -2.02. The molecule has 1 aromatic carbocycles. The second-order valence-corrected chi connectivity index (χ2v) is 4.92. The van der Waals surface area contributed by atoms with E-state index >= 15 is 0 Å². The van der Waals surface area contributed by atoms with Crippen LogP contribution in [0.2, 0.25) is 5.15 Å². The number of aromatic amines is 1. The zero-order chi connectivity index (χ0) is 15.1. The maximum atomic E-state index is 12.3. The van der Waals surface area contributed by atoms with Crippen molar-refractivity contribution in [1.82, 2.24) is 25.8 Å². The van der Waals surface area contributed by atoms with E-state index in [4.69, 9.17) is 11.6 Å². The Morgan fingerprint density at radius 1 is 1.18 bits per heavy atom. The van der Waals surface area contributed by atoms with E-state index in [1.165, 1.54) is 6.07 Å². The number of anilines is 1. The van der Waals surface area contributed by atoms with Gasteiger partial charge in [0.2, 0.25) is 0 Å². The monoisotopic (exact) mass is 312 g/mol. The Labute approximate surface area is 128 Å². The number of hydrogen-bond donors (Lipinski definition) is 2. The number of aromatic nitrogens is 4. The summed E-state index contributed by atoms with van der Waals surface area (Å²) in [5.74, 6) is -0.0991. The van der Waals surface area contributed by atoms with Crippen molar-refractivity contribution in [3.05, 3.63) is 40.7 Å². The first-order valence-corrected chi connectivity index (χ1v) is 6.66. The second-order valence-electron chi connectivity index (χ2n) is 4.53. The molecule has 3 aromatic rings. The van der Waals surface area contributed by atoms with Crippen LogP contribution >= 0.6 is 11.6 Å². The van der Waals surface area contributed by atoms with Gasteiger partial charge in [0, 0.05) is 10.9 Å². The Bertz CT molecular complexity index is 916. The minimum Gasteiger partial charge on any atom is -0.304 e. The topological polar surface area (TPSA) is 110 Å². The molecule has 0 unspecified atom stereocenters. The lowest BCUT2D eigenvalue weighted by atomic mass is 10.1. The molecule has 0 spiro atoms. The summed E-state index contributed by atoms with van der Waals surface area (Å²) in [6, 6.07) is 6.67. The highest BCUT2D eigenvalue weighted by Gasteiger charge is 2.20. The summed E-state index contributed by atoms with van der Waals surface area (Å²) in [5, 5.41) is 21.8. The molecule has 22 heavy (non-hydrogen) atoms. The Balaban J connectivity index is 1.70. The van der Waals surface area contributed by atoms with Gasteiger partial charge in [0.1, 0.15) is 0 Å². The lowest BCUT2D eigenvalue weighted by Crippen LogP contribution is -2.14. The number of H-pyrrole nitrogens is 1. The number of carbonyl (C=O) groups is 1. The predicted molar refractivity (Wildman–Crippen MR) is 80.5 cm³/mol. The zero-order valence-corrected chi connectivity index (χ0v) is 11.7. The highest BCUT2D eigenvalue weighted by atomic mass is 35.5. The molecule has 1 amide bonds. The van der Waals surface area contributed by atoms with Crippen LogP contribution in [0.5, 0.6) is 0 Å². The molecule has 107 valence electrons. The third-order valence-electron chi connectivity index (χ3n) is 3.20. The zero-order valence-electron chi connectivity index (χ0n) is 10.9. The van der Waals surface area contributed by atoms with Crippen molar-refractivity contribution in [2.75, 3.05) is 5.32 Å². The number of nitrogens with zero attached hydrogens (tertiary/aromatic N) is 5. The molecule has 2 aromatic heterocycles. The van der Waals surface area contributed by atoms with Gasteiger partial charge < -0.3 is 5.32 Å². The van der Waals surface area contributed by atoms with Crippen LogP contribution in [0, 0.1) is 0 Å². The molecule has 4 rings (SSSR count). The van der Waals surface area contributed by atoms with E-state index in [9.17, 15) is 4.79 Å². The van der Waals surface area contributed by atoms with Gasteiger partial charge in [-0.15, -0.1) is 10.2 Å². The van der Waals surface area contributed by atoms with Crippen LogP contribution in [0.25, 0.3) is 10.9 Å². The van der Waals surface area contributed by atoms with Crippen LogP contribution in [-0.4, -0.2) is 32.5 Å². The van der Waals surface area contributed by atoms with Crippen molar-refractivity contribution in [3.63, 3.8) is 0 Å². The summed E-state index contributed by atoms with van der Waals surface area (Å²) in [6.45, 7) is 0. The van der Waals surface area contributed by atoms with Crippen molar-refractivity contribution >= 4 is 46.1 Å². The summed E-state index contributed by atoms with van der Waals surface area (Å²) in [4.78, 5) is 12.3. The van der Waals surface area contributed by atoms with Crippen molar-refractivity contribution in [3.8, 4) is 0 Å². The van der Waals surface area contributed by atoms with Crippen LogP contribution in [0.1, 0.15) is 16.1 Å². The van der Waals surface area contributed by atoms with Gasteiger partial charge in [-0.2, -0.15) is 15.6 Å². The van der Waals surface area contributed by atoms with Gasteiger partial charge in [-0.05, 0) is 24.3 Å². The summed E-state index contributed by atoms with van der Waals surface area (Å²) in [5.41, 5.74) is 6.50. The molecule has 0 bridgehead atoms. The van der Waals surface area contributed by atoms with Gasteiger partial charge >= 0.3 is 0 Å². The second kappa shape index (κ2) is 4.78. The van der Waals surface area contributed by atoms with Crippen molar-refractivity contribution in [2.45, 2.75) is 0 Å². The Hall–Kier alpha value is -3.00. The van der Waals surface area contributed by atoms with Crippen LogP contribution < -0.4 is 10.7 Å². The van der Waals surface area contributed by atoms with Gasteiger partial charge in [-0.1, -0.05) is 11.6 Å². The van der Waals surface area contributed by atoms with Gasteiger partial charge in [-0.3, -0.25) is 9.89 Å². The van der Waals surface area contributed by atoms with Crippen molar-refractivity contribution in [2.24, 2.45) is 5.10 Å². The number of nitrogens with one attached hydrogen (secondary N) is 2.